The molecule has 0 amide bonds. The van der Waals surface area contributed by atoms with Crippen LogP contribution in [0, 0.1) is 0 Å². The van der Waals surface area contributed by atoms with Crippen molar-refractivity contribution in [2.45, 2.75) is 39.3 Å². The maximum Gasteiger partial charge on any atom is 0.283 e. The quantitative estimate of drug-likeness (QED) is 0.782. The molecule has 1 N–H and O–H groups in total. The average Bonchev–Trinajstić information content (AvgIpc) is 3.09. The third kappa shape index (κ3) is 4.15. The molecule has 0 aliphatic rings. The van der Waals surface area contributed by atoms with Crippen molar-refractivity contribution in [1.29, 1.82) is 0 Å². The smallest absolute Gasteiger partial charge is 0.283 e. The number of hydrogen-bond donors (Lipinski definition) is 1. The summed E-state index contributed by atoms with van der Waals surface area (Å²) in [5, 5.41) is 17.3. The zero-order valence-corrected chi connectivity index (χ0v) is 13.8. The Kier molecular flexibility index (Phi) is 5.96. The summed E-state index contributed by atoms with van der Waals surface area (Å²) in [6, 6.07) is 3.94. The van der Waals surface area contributed by atoms with Crippen LogP contribution in [0.5, 0.6) is 0 Å². The molecule has 116 valence electrons. The Morgan fingerprint density at radius 1 is 1.24 bits per heavy atom. The fourth-order valence-electron chi connectivity index (χ4n) is 2.34. The molecular formula is C14H20BrN3O3. The van der Waals surface area contributed by atoms with Crippen LogP contribution in [-0.2, 0) is 6.54 Å². The number of hydrogen-bond acceptors (Lipinski definition) is 6. The van der Waals surface area contributed by atoms with Crippen LogP contribution in [0.4, 0.5) is 0 Å². The lowest BCUT2D eigenvalue weighted by Gasteiger charge is -2.28. The molecule has 0 unspecified atom stereocenters. The van der Waals surface area contributed by atoms with Crippen molar-refractivity contribution < 1.29 is 13.9 Å². The van der Waals surface area contributed by atoms with Crippen molar-refractivity contribution in [3.05, 3.63) is 22.7 Å². The van der Waals surface area contributed by atoms with Gasteiger partial charge < -0.3 is 13.9 Å². The minimum absolute atomic E-state index is 0.114. The molecule has 0 radical (unpaired) electrons. The van der Waals surface area contributed by atoms with E-state index < -0.39 is 0 Å². The largest absolute Gasteiger partial charge is 0.444 e. The third-order valence-electron chi connectivity index (χ3n) is 3.44. The van der Waals surface area contributed by atoms with Gasteiger partial charge in [-0.3, -0.25) is 4.90 Å². The summed E-state index contributed by atoms with van der Waals surface area (Å²) in [7, 11) is 0. The van der Waals surface area contributed by atoms with Gasteiger partial charge in [-0.05, 0) is 40.9 Å². The maximum absolute atomic E-state index is 9.21. The normalized spacial score (nSPS) is 11.7. The van der Waals surface area contributed by atoms with Crippen molar-refractivity contribution in [3.8, 4) is 11.7 Å². The highest BCUT2D eigenvalue weighted by Gasteiger charge is 2.19. The standard InChI is InChI=1S/C14H20BrN3O3/c1-3-10(4-2)18(7-8-19)9-13-16-17-14(21-13)11-5-6-12(15)20-11/h5-6,10,19H,3-4,7-9H2,1-2H3. The molecule has 0 aromatic carbocycles. The van der Waals surface area contributed by atoms with Gasteiger partial charge in [0.15, 0.2) is 10.4 Å². The molecule has 2 aromatic heterocycles. The highest BCUT2D eigenvalue weighted by molar-refractivity contribution is 9.10. The van der Waals surface area contributed by atoms with Gasteiger partial charge in [0.2, 0.25) is 5.89 Å². The third-order valence-corrected chi connectivity index (χ3v) is 3.86. The summed E-state index contributed by atoms with van der Waals surface area (Å²) in [5.41, 5.74) is 0. The van der Waals surface area contributed by atoms with E-state index in [2.05, 4.69) is 44.9 Å². The van der Waals surface area contributed by atoms with Crippen LogP contribution in [0.3, 0.4) is 0 Å². The summed E-state index contributed by atoms with van der Waals surface area (Å²) in [6.07, 6.45) is 2.03. The lowest BCUT2D eigenvalue weighted by atomic mass is 10.1. The molecule has 2 aromatic rings. The van der Waals surface area contributed by atoms with Crippen LogP contribution in [0.1, 0.15) is 32.6 Å². The van der Waals surface area contributed by atoms with Crippen LogP contribution in [0.2, 0.25) is 0 Å². The Labute approximate surface area is 132 Å². The van der Waals surface area contributed by atoms with Crippen LogP contribution in [-0.4, -0.2) is 39.4 Å². The zero-order chi connectivity index (χ0) is 15.2. The molecule has 0 aliphatic carbocycles. The number of aliphatic hydroxyl groups excluding tert-OH is 1. The number of rotatable bonds is 8. The van der Waals surface area contributed by atoms with E-state index in [0.717, 1.165) is 12.8 Å². The molecule has 2 rings (SSSR count). The summed E-state index contributed by atoms with van der Waals surface area (Å²) in [6.45, 7) is 5.51. The lowest BCUT2D eigenvalue weighted by molar-refractivity contribution is 0.126. The molecule has 2 heterocycles. The van der Waals surface area contributed by atoms with Crippen molar-refractivity contribution in [2.75, 3.05) is 13.2 Å². The number of aliphatic hydroxyl groups is 1. The van der Waals surface area contributed by atoms with E-state index in [1.165, 1.54) is 0 Å². The number of nitrogens with zero attached hydrogens (tertiary/aromatic N) is 3. The van der Waals surface area contributed by atoms with E-state index >= 15 is 0 Å². The van der Waals surface area contributed by atoms with Gasteiger partial charge in [0, 0.05) is 12.6 Å². The summed E-state index contributed by atoms with van der Waals surface area (Å²) in [5.74, 6) is 1.43. The molecular weight excluding hydrogens is 338 g/mol. The number of aromatic nitrogens is 2. The molecule has 7 heteroatoms. The van der Waals surface area contributed by atoms with Gasteiger partial charge in [0.25, 0.3) is 5.89 Å². The molecule has 0 fully saturated rings. The summed E-state index contributed by atoms with van der Waals surface area (Å²) >= 11 is 3.24. The van der Waals surface area contributed by atoms with Gasteiger partial charge in [0.1, 0.15) is 0 Å². The second kappa shape index (κ2) is 7.72. The highest BCUT2D eigenvalue weighted by Crippen LogP contribution is 2.24. The Morgan fingerprint density at radius 3 is 2.57 bits per heavy atom. The van der Waals surface area contributed by atoms with Gasteiger partial charge in [-0.25, -0.2) is 0 Å². The highest BCUT2D eigenvalue weighted by atomic mass is 79.9. The SMILES string of the molecule is CCC(CC)N(CCO)Cc1nnc(-c2ccc(Br)o2)o1. The van der Waals surface area contributed by atoms with E-state index in [-0.39, 0.29) is 6.61 Å². The second-order valence-electron chi connectivity index (χ2n) is 4.77. The molecule has 0 bridgehead atoms. The van der Waals surface area contributed by atoms with Crippen molar-refractivity contribution >= 4 is 15.9 Å². The molecule has 0 atom stereocenters. The summed E-state index contributed by atoms with van der Waals surface area (Å²) in [4.78, 5) is 2.16. The van der Waals surface area contributed by atoms with Crippen molar-refractivity contribution in [2.24, 2.45) is 0 Å². The first-order chi connectivity index (χ1) is 10.2. The Bertz CT molecular complexity index is 551. The van der Waals surface area contributed by atoms with E-state index in [9.17, 15) is 5.11 Å². The minimum Gasteiger partial charge on any atom is -0.444 e. The van der Waals surface area contributed by atoms with Gasteiger partial charge in [0.05, 0.1) is 13.2 Å². The maximum atomic E-state index is 9.21. The fraction of sp³-hybridized carbons (Fsp3) is 0.571. The van der Waals surface area contributed by atoms with E-state index in [0.29, 0.717) is 41.3 Å². The Hall–Kier alpha value is -1.18. The van der Waals surface area contributed by atoms with Crippen LogP contribution in [0.25, 0.3) is 11.7 Å². The predicted octanol–water partition coefficient (Wildman–Crippen LogP) is 3.08. The Morgan fingerprint density at radius 2 is 2.00 bits per heavy atom. The average molecular weight is 358 g/mol. The number of furan rings is 1. The zero-order valence-electron chi connectivity index (χ0n) is 12.3. The first kappa shape index (κ1) is 16.2. The monoisotopic (exact) mass is 357 g/mol. The Balaban J connectivity index is 2.09. The summed E-state index contributed by atoms with van der Waals surface area (Å²) < 4.78 is 11.7. The van der Waals surface area contributed by atoms with Gasteiger partial charge in [-0.15, -0.1) is 10.2 Å². The number of halogens is 1. The second-order valence-corrected chi connectivity index (χ2v) is 5.55. The van der Waals surface area contributed by atoms with Gasteiger partial charge in [-0.2, -0.15) is 0 Å². The topological polar surface area (TPSA) is 75.5 Å². The van der Waals surface area contributed by atoms with Gasteiger partial charge in [-0.1, -0.05) is 13.8 Å². The molecule has 6 nitrogen and oxygen atoms in total. The van der Waals surface area contributed by atoms with Crippen LogP contribution >= 0.6 is 15.9 Å². The minimum atomic E-state index is 0.114. The fourth-order valence-corrected chi connectivity index (χ4v) is 2.65. The van der Waals surface area contributed by atoms with E-state index in [1.807, 2.05) is 0 Å². The first-order valence-electron chi connectivity index (χ1n) is 7.10. The first-order valence-corrected chi connectivity index (χ1v) is 7.90. The molecule has 0 saturated heterocycles. The molecule has 0 saturated carbocycles. The molecule has 0 spiro atoms. The van der Waals surface area contributed by atoms with Crippen molar-refractivity contribution in [3.63, 3.8) is 0 Å². The molecule has 0 aliphatic heterocycles. The van der Waals surface area contributed by atoms with E-state index in [1.54, 1.807) is 12.1 Å². The predicted molar refractivity (Wildman–Crippen MR) is 81.6 cm³/mol. The lowest BCUT2D eigenvalue weighted by Crippen LogP contribution is -2.36. The molecule has 21 heavy (non-hydrogen) atoms. The van der Waals surface area contributed by atoms with E-state index in [4.69, 9.17) is 8.83 Å². The van der Waals surface area contributed by atoms with Crippen molar-refractivity contribution in [1.82, 2.24) is 15.1 Å². The van der Waals surface area contributed by atoms with Crippen LogP contribution in [0.15, 0.2) is 25.6 Å². The van der Waals surface area contributed by atoms with Crippen LogP contribution < -0.4 is 0 Å². The van der Waals surface area contributed by atoms with Gasteiger partial charge >= 0.3 is 0 Å².